The van der Waals surface area contributed by atoms with Crippen LogP contribution < -0.4 is 0 Å². The van der Waals surface area contributed by atoms with Crippen molar-refractivity contribution in [3.8, 4) is 0 Å². The highest BCUT2D eigenvalue weighted by Crippen LogP contribution is 2.36. The van der Waals surface area contributed by atoms with Crippen LogP contribution in [0.5, 0.6) is 0 Å². The van der Waals surface area contributed by atoms with E-state index in [1.165, 1.54) is 0 Å². The van der Waals surface area contributed by atoms with Crippen LogP contribution in [0.2, 0.25) is 5.02 Å². The third kappa shape index (κ3) is 3.09. The van der Waals surface area contributed by atoms with E-state index in [-0.39, 0.29) is 13.2 Å². The summed E-state index contributed by atoms with van der Waals surface area (Å²) in [6, 6.07) is 5.46. The van der Waals surface area contributed by atoms with E-state index >= 15 is 0 Å². The van der Waals surface area contributed by atoms with Gasteiger partial charge in [0, 0.05) is 29.4 Å². The van der Waals surface area contributed by atoms with Crippen LogP contribution in [0.15, 0.2) is 18.2 Å². The van der Waals surface area contributed by atoms with Gasteiger partial charge in [-0.3, -0.25) is 0 Å². The Labute approximate surface area is 118 Å². The predicted octanol–water partition coefficient (Wildman–Crippen LogP) is 2.63. The Morgan fingerprint density at radius 1 is 1.32 bits per heavy atom. The van der Waals surface area contributed by atoms with E-state index < -0.39 is 11.9 Å². The molecule has 1 aromatic carbocycles. The molecule has 4 nitrogen and oxygen atoms in total. The molecule has 1 heterocycles. The van der Waals surface area contributed by atoms with Crippen LogP contribution in [-0.2, 0) is 19.8 Å². The Morgan fingerprint density at radius 3 is 2.37 bits per heavy atom. The summed E-state index contributed by atoms with van der Waals surface area (Å²) in [6.45, 7) is 5.51. The minimum Gasteiger partial charge on any atom is -0.380 e. The topological polar surface area (TPSA) is 47.9 Å². The highest BCUT2D eigenvalue weighted by molar-refractivity contribution is 6.31. The van der Waals surface area contributed by atoms with Gasteiger partial charge in [-0.2, -0.15) is 0 Å². The van der Waals surface area contributed by atoms with Crippen molar-refractivity contribution in [2.24, 2.45) is 0 Å². The van der Waals surface area contributed by atoms with Gasteiger partial charge in [0.05, 0.1) is 13.2 Å². The van der Waals surface area contributed by atoms with Gasteiger partial charge in [0.25, 0.3) is 0 Å². The van der Waals surface area contributed by atoms with E-state index in [0.29, 0.717) is 23.8 Å². The molecule has 1 aliphatic heterocycles. The first-order chi connectivity index (χ1) is 9.10. The number of rotatable bonds is 6. The van der Waals surface area contributed by atoms with Crippen LogP contribution in [0.1, 0.15) is 31.3 Å². The smallest absolute Gasteiger partial charge is 0.183 e. The lowest BCUT2D eigenvalue weighted by molar-refractivity contribution is -0.184. The van der Waals surface area contributed by atoms with Gasteiger partial charge in [-0.05, 0) is 19.9 Å². The molecule has 0 unspecified atom stereocenters. The maximum Gasteiger partial charge on any atom is 0.183 e. The van der Waals surface area contributed by atoms with Crippen molar-refractivity contribution in [1.29, 1.82) is 0 Å². The summed E-state index contributed by atoms with van der Waals surface area (Å²) in [5.41, 5.74) is 0.583. The maximum atomic E-state index is 10.2. The number of aliphatic hydroxyl groups is 1. The van der Waals surface area contributed by atoms with Crippen LogP contribution in [0.4, 0.5) is 0 Å². The summed E-state index contributed by atoms with van der Waals surface area (Å²) >= 11 is 6.24. The molecule has 1 saturated heterocycles. The number of hydrogen-bond acceptors (Lipinski definition) is 4. The van der Waals surface area contributed by atoms with Gasteiger partial charge in [0.2, 0.25) is 0 Å². The molecule has 0 spiro atoms. The molecule has 1 aliphatic rings. The monoisotopic (exact) mass is 286 g/mol. The zero-order valence-electron chi connectivity index (χ0n) is 11.2. The first kappa shape index (κ1) is 14.8. The van der Waals surface area contributed by atoms with E-state index in [9.17, 15) is 5.11 Å². The van der Waals surface area contributed by atoms with Crippen LogP contribution in [-0.4, -0.2) is 31.5 Å². The molecular formula is C14H19ClO4. The van der Waals surface area contributed by atoms with Crippen LogP contribution in [0.3, 0.4) is 0 Å². The molecule has 106 valence electrons. The molecule has 2 rings (SSSR count). The van der Waals surface area contributed by atoms with E-state index in [4.69, 9.17) is 25.8 Å². The molecule has 0 aromatic heterocycles. The average molecular weight is 287 g/mol. The fourth-order valence-corrected chi connectivity index (χ4v) is 2.41. The second-order valence-corrected chi connectivity index (χ2v) is 4.91. The minimum atomic E-state index is -0.956. The van der Waals surface area contributed by atoms with E-state index in [1.807, 2.05) is 26.0 Å². The maximum absolute atomic E-state index is 10.2. The van der Waals surface area contributed by atoms with Crippen molar-refractivity contribution in [1.82, 2.24) is 0 Å². The third-order valence-corrected chi connectivity index (χ3v) is 3.40. The molecule has 0 saturated carbocycles. The van der Waals surface area contributed by atoms with Crippen molar-refractivity contribution in [2.75, 3.05) is 26.4 Å². The lowest BCUT2D eigenvalue weighted by Crippen LogP contribution is -2.46. The van der Waals surface area contributed by atoms with Crippen molar-refractivity contribution >= 4 is 11.6 Å². The lowest BCUT2D eigenvalue weighted by atomic mass is 9.91. The molecule has 19 heavy (non-hydrogen) atoms. The van der Waals surface area contributed by atoms with Crippen molar-refractivity contribution < 1.29 is 19.3 Å². The van der Waals surface area contributed by atoms with Gasteiger partial charge in [0.15, 0.2) is 6.29 Å². The third-order valence-electron chi connectivity index (χ3n) is 3.08. The first-order valence-corrected chi connectivity index (χ1v) is 6.81. The molecule has 0 radical (unpaired) electrons. The quantitative estimate of drug-likeness (QED) is 0.817. The average Bonchev–Trinajstić information content (AvgIpc) is 2.36. The Balaban J connectivity index is 2.21. The Bertz CT molecular complexity index is 425. The molecular weight excluding hydrogens is 268 g/mol. The summed E-state index contributed by atoms with van der Waals surface area (Å²) in [5, 5.41) is 10.7. The molecule has 0 atom stereocenters. The molecule has 0 aliphatic carbocycles. The number of benzene rings is 1. The molecule has 1 fully saturated rings. The Morgan fingerprint density at radius 2 is 1.95 bits per heavy atom. The summed E-state index contributed by atoms with van der Waals surface area (Å²) in [5.74, 6) is 0. The molecule has 1 aromatic rings. The van der Waals surface area contributed by atoms with Crippen LogP contribution in [0.25, 0.3) is 0 Å². The fraction of sp³-hybridized carbons (Fsp3) is 0.571. The summed E-state index contributed by atoms with van der Waals surface area (Å²) < 4.78 is 16.1. The van der Waals surface area contributed by atoms with Crippen molar-refractivity contribution in [3.63, 3.8) is 0 Å². The van der Waals surface area contributed by atoms with Gasteiger partial charge < -0.3 is 19.3 Å². The van der Waals surface area contributed by atoms with E-state index in [1.54, 1.807) is 6.07 Å². The van der Waals surface area contributed by atoms with Crippen molar-refractivity contribution in [2.45, 2.75) is 25.7 Å². The van der Waals surface area contributed by atoms with E-state index in [2.05, 4.69) is 0 Å². The van der Waals surface area contributed by atoms with Gasteiger partial charge >= 0.3 is 0 Å². The molecule has 0 bridgehead atoms. The zero-order chi connectivity index (χ0) is 13.9. The normalized spacial score (nSPS) is 17.5. The SMILES string of the molecule is CCOC(OCC)c1ccc(C2(O)COC2)c(Cl)c1. The number of halogens is 1. The molecule has 5 heteroatoms. The lowest BCUT2D eigenvalue weighted by Gasteiger charge is -2.37. The molecule has 0 amide bonds. The Kier molecular flexibility index (Phi) is 4.81. The van der Waals surface area contributed by atoms with Gasteiger partial charge in [-0.15, -0.1) is 0 Å². The van der Waals surface area contributed by atoms with Crippen LogP contribution >= 0.6 is 11.6 Å². The Hall–Kier alpha value is -0.650. The van der Waals surface area contributed by atoms with Gasteiger partial charge in [-0.25, -0.2) is 0 Å². The highest BCUT2D eigenvalue weighted by atomic mass is 35.5. The summed E-state index contributed by atoms with van der Waals surface area (Å²) in [6.07, 6.45) is -0.422. The minimum absolute atomic E-state index is 0.284. The van der Waals surface area contributed by atoms with Gasteiger partial charge in [0.1, 0.15) is 5.60 Å². The summed E-state index contributed by atoms with van der Waals surface area (Å²) in [4.78, 5) is 0. The van der Waals surface area contributed by atoms with E-state index in [0.717, 1.165) is 5.56 Å². The first-order valence-electron chi connectivity index (χ1n) is 6.44. The second-order valence-electron chi connectivity index (χ2n) is 4.51. The largest absolute Gasteiger partial charge is 0.380 e. The van der Waals surface area contributed by atoms with Crippen molar-refractivity contribution in [3.05, 3.63) is 34.3 Å². The fourth-order valence-electron chi connectivity index (χ4n) is 2.05. The van der Waals surface area contributed by atoms with Gasteiger partial charge in [-0.1, -0.05) is 23.7 Å². The molecule has 1 N–H and O–H groups in total. The number of ether oxygens (including phenoxy) is 3. The van der Waals surface area contributed by atoms with Crippen LogP contribution in [0, 0.1) is 0 Å². The summed E-state index contributed by atoms with van der Waals surface area (Å²) in [7, 11) is 0. The second kappa shape index (κ2) is 6.20. The predicted molar refractivity (Wildman–Crippen MR) is 72.2 cm³/mol. The zero-order valence-corrected chi connectivity index (χ0v) is 11.9. The number of hydrogen-bond donors (Lipinski definition) is 1. The highest BCUT2D eigenvalue weighted by Gasteiger charge is 2.39. The standard InChI is InChI=1S/C14H19ClO4/c1-3-18-13(19-4-2)10-5-6-11(12(15)7-10)14(16)8-17-9-14/h5-7,13,16H,3-4,8-9H2,1-2H3.